The smallest absolute Gasteiger partial charge is 0.189 e. The van der Waals surface area contributed by atoms with E-state index in [9.17, 15) is 0 Å². The fraction of sp³-hybridized carbons (Fsp3) is 0. The molecule has 7 heteroatoms. The zero-order valence-electron chi connectivity index (χ0n) is 10.2. The Morgan fingerprint density at radius 3 is 2.35 bits per heavy atom. The Labute approximate surface area is 124 Å². The molecule has 0 spiro atoms. The lowest BCUT2D eigenvalue weighted by Gasteiger charge is -2.07. The van der Waals surface area contributed by atoms with Crippen LogP contribution in [0.3, 0.4) is 0 Å². The standard InChI is InChI=1S/C13H9Cl2N5/c14-8-1-4-10(5-2-8)20-13(17-18-19-20)11-6-3-9(15)7-12(11)16/h1-7H,16H2. The van der Waals surface area contributed by atoms with E-state index in [1.54, 1.807) is 35.0 Å². The topological polar surface area (TPSA) is 69.6 Å². The molecule has 0 aliphatic rings. The molecular formula is C13H9Cl2N5. The monoisotopic (exact) mass is 305 g/mol. The van der Waals surface area contributed by atoms with Gasteiger partial charge in [-0.05, 0) is 52.9 Å². The lowest BCUT2D eigenvalue weighted by Crippen LogP contribution is -2.01. The van der Waals surface area contributed by atoms with Crippen molar-refractivity contribution >= 4 is 28.9 Å². The summed E-state index contributed by atoms with van der Waals surface area (Å²) >= 11 is 11.8. The predicted molar refractivity (Wildman–Crippen MR) is 79.0 cm³/mol. The molecule has 0 saturated carbocycles. The van der Waals surface area contributed by atoms with Crippen molar-refractivity contribution in [3.63, 3.8) is 0 Å². The van der Waals surface area contributed by atoms with E-state index in [2.05, 4.69) is 15.5 Å². The summed E-state index contributed by atoms with van der Waals surface area (Å²) < 4.78 is 1.59. The first-order chi connectivity index (χ1) is 9.65. The number of nitrogens with two attached hydrogens (primary N) is 1. The molecule has 1 aromatic heterocycles. The highest BCUT2D eigenvalue weighted by Gasteiger charge is 2.13. The maximum atomic E-state index is 5.97. The minimum absolute atomic E-state index is 0.516. The number of halogens is 2. The Bertz CT molecular complexity index is 752. The molecule has 0 aliphatic carbocycles. The van der Waals surface area contributed by atoms with Gasteiger partial charge in [-0.1, -0.05) is 23.2 Å². The largest absolute Gasteiger partial charge is 0.398 e. The zero-order chi connectivity index (χ0) is 14.1. The number of rotatable bonds is 2. The Morgan fingerprint density at radius 1 is 0.950 bits per heavy atom. The van der Waals surface area contributed by atoms with E-state index in [4.69, 9.17) is 28.9 Å². The van der Waals surface area contributed by atoms with E-state index in [0.717, 1.165) is 5.69 Å². The Hall–Kier alpha value is -2.11. The molecule has 20 heavy (non-hydrogen) atoms. The van der Waals surface area contributed by atoms with Gasteiger partial charge in [0.25, 0.3) is 0 Å². The van der Waals surface area contributed by atoms with Crippen LogP contribution in [-0.2, 0) is 0 Å². The highest BCUT2D eigenvalue weighted by molar-refractivity contribution is 6.31. The first-order valence-electron chi connectivity index (χ1n) is 5.75. The summed E-state index contributed by atoms with van der Waals surface area (Å²) in [5, 5.41) is 12.9. The summed E-state index contributed by atoms with van der Waals surface area (Å²) in [7, 11) is 0. The predicted octanol–water partition coefficient (Wildman–Crippen LogP) is 3.22. The SMILES string of the molecule is Nc1cc(Cl)ccc1-c1nnnn1-c1ccc(Cl)cc1. The normalized spacial score (nSPS) is 10.7. The van der Waals surface area contributed by atoms with Crippen LogP contribution in [0.25, 0.3) is 17.1 Å². The van der Waals surface area contributed by atoms with Crippen LogP contribution in [0.4, 0.5) is 5.69 Å². The third kappa shape index (κ3) is 2.33. The number of anilines is 1. The number of tetrazole rings is 1. The van der Waals surface area contributed by atoms with Gasteiger partial charge in [0.2, 0.25) is 0 Å². The molecule has 1 heterocycles. The fourth-order valence-corrected chi connectivity index (χ4v) is 2.16. The molecule has 100 valence electrons. The van der Waals surface area contributed by atoms with Crippen molar-refractivity contribution in [1.82, 2.24) is 20.2 Å². The van der Waals surface area contributed by atoms with Crippen LogP contribution in [0, 0.1) is 0 Å². The van der Waals surface area contributed by atoms with Gasteiger partial charge in [0, 0.05) is 21.3 Å². The van der Waals surface area contributed by atoms with Gasteiger partial charge in [-0.3, -0.25) is 0 Å². The van der Waals surface area contributed by atoms with E-state index in [0.29, 0.717) is 27.1 Å². The highest BCUT2D eigenvalue weighted by atomic mass is 35.5. The zero-order valence-corrected chi connectivity index (χ0v) is 11.7. The van der Waals surface area contributed by atoms with Gasteiger partial charge in [0.1, 0.15) is 0 Å². The van der Waals surface area contributed by atoms with Gasteiger partial charge >= 0.3 is 0 Å². The number of hydrogen-bond acceptors (Lipinski definition) is 4. The van der Waals surface area contributed by atoms with Gasteiger partial charge in [-0.2, -0.15) is 4.68 Å². The van der Waals surface area contributed by atoms with Crippen molar-refractivity contribution in [2.75, 3.05) is 5.73 Å². The van der Waals surface area contributed by atoms with Crippen LogP contribution in [0.15, 0.2) is 42.5 Å². The highest BCUT2D eigenvalue weighted by Crippen LogP contribution is 2.28. The molecule has 2 aromatic carbocycles. The molecule has 0 bridgehead atoms. The summed E-state index contributed by atoms with van der Waals surface area (Å²) in [6, 6.07) is 12.4. The molecule has 5 nitrogen and oxygen atoms in total. The van der Waals surface area contributed by atoms with Crippen LogP contribution >= 0.6 is 23.2 Å². The summed E-state index contributed by atoms with van der Waals surface area (Å²) in [5.74, 6) is 0.543. The van der Waals surface area contributed by atoms with Crippen LogP contribution in [0.2, 0.25) is 10.0 Å². The molecule has 3 aromatic rings. The fourth-order valence-electron chi connectivity index (χ4n) is 1.85. The second kappa shape index (κ2) is 5.11. The van der Waals surface area contributed by atoms with Crippen molar-refractivity contribution < 1.29 is 0 Å². The first-order valence-corrected chi connectivity index (χ1v) is 6.50. The van der Waals surface area contributed by atoms with Crippen LogP contribution in [0.5, 0.6) is 0 Å². The third-order valence-corrected chi connectivity index (χ3v) is 3.28. The summed E-state index contributed by atoms with van der Waals surface area (Å²) in [4.78, 5) is 0. The van der Waals surface area contributed by atoms with Crippen molar-refractivity contribution in [3.8, 4) is 17.1 Å². The van der Waals surface area contributed by atoms with Crippen molar-refractivity contribution in [2.45, 2.75) is 0 Å². The molecule has 0 fully saturated rings. The van der Waals surface area contributed by atoms with E-state index in [-0.39, 0.29) is 0 Å². The average molecular weight is 306 g/mol. The van der Waals surface area contributed by atoms with E-state index in [1.165, 1.54) is 0 Å². The molecule has 2 N–H and O–H groups in total. The first kappa shape index (κ1) is 12.9. The Balaban J connectivity index is 2.12. The van der Waals surface area contributed by atoms with E-state index >= 15 is 0 Å². The lowest BCUT2D eigenvalue weighted by molar-refractivity contribution is 0.791. The Morgan fingerprint density at radius 2 is 1.65 bits per heavy atom. The molecule has 0 amide bonds. The number of benzene rings is 2. The van der Waals surface area contributed by atoms with Crippen LogP contribution in [0.1, 0.15) is 0 Å². The number of hydrogen-bond donors (Lipinski definition) is 1. The minimum Gasteiger partial charge on any atom is -0.398 e. The number of nitrogens with zero attached hydrogens (tertiary/aromatic N) is 4. The van der Waals surface area contributed by atoms with Crippen molar-refractivity contribution in [1.29, 1.82) is 0 Å². The molecule has 0 radical (unpaired) electrons. The second-order valence-electron chi connectivity index (χ2n) is 4.12. The van der Waals surface area contributed by atoms with Crippen LogP contribution in [-0.4, -0.2) is 20.2 Å². The minimum atomic E-state index is 0.516. The summed E-state index contributed by atoms with van der Waals surface area (Å²) in [5.41, 5.74) is 8.00. The number of nitrogen functional groups attached to an aromatic ring is 1. The second-order valence-corrected chi connectivity index (χ2v) is 5.00. The van der Waals surface area contributed by atoms with Crippen LogP contribution < -0.4 is 5.73 Å². The molecule has 3 rings (SSSR count). The van der Waals surface area contributed by atoms with Gasteiger partial charge in [-0.25, -0.2) is 0 Å². The molecule has 0 atom stereocenters. The molecular weight excluding hydrogens is 297 g/mol. The number of aromatic nitrogens is 4. The van der Waals surface area contributed by atoms with Gasteiger partial charge in [-0.15, -0.1) is 5.10 Å². The van der Waals surface area contributed by atoms with Gasteiger partial charge < -0.3 is 5.73 Å². The maximum Gasteiger partial charge on any atom is 0.189 e. The van der Waals surface area contributed by atoms with Crippen molar-refractivity contribution in [2.24, 2.45) is 0 Å². The lowest BCUT2D eigenvalue weighted by atomic mass is 10.1. The quantitative estimate of drug-likeness (QED) is 0.738. The molecule has 0 saturated heterocycles. The maximum absolute atomic E-state index is 5.97. The third-order valence-electron chi connectivity index (χ3n) is 2.80. The Kier molecular flexibility index (Phi) is 3.30. The molecule has 0 aliphatic heterocycles. The molecule has 0 unspecified atom stereocenters. The average Bonchev–Trinajstić information content (AvgIpc) is 2.88. The van der Waals surface area contributed by atoms with Gasteiger partial charge in [0.15, 0.2) is 5.82 Å². The van der Waals surface area contributed by atoms with E-state index < -0.39 is 0 Å². The summed E-state index contributed by atoms with van der Waals surface area (Å²) in [6.45, 7) is 0. The van der Waals surface area contributed by atoms with E-state index in [1.807, 2.05) is 12.1 Å². The van der Waals surface area contributed by atoms with Gasteiger partial charge in [0.05, 0.1) is 5.69 Å². The summed E-state index contributed by atoms with van der Waals surface area (Å²) in [6.07, 6.45) is 0. The van der Waals surface area contributed by atoms with Crippen molar-refractivity contribution in [3.05, 3.63) is 52.5 Å².